The standard InChI is InChI=1S/C38H64N6O7S/c1-11-19-39-33(47)31(45)26(20-23-17-18-23)40-32(46)30-28-25(38(28,8)9)21-44(30)34(48)29(24-15-13-12-14-16-24)42-35(49)41-27(36(2,3)4)22-52(50,51)43(10)37(5,6)7/h11,23-30H,1,12-22H2,2-10H3,(H,39,47)(H,40,46)(H2,41,42,49)/t25-,26?,27+,28-,29-,30-/m0/s1. The van der Waals surface area contributed by atoms with Crippen molar-refractivity contribution in [2.24, 2.45) is 34.5 Å². The first-order chi connectivity index (χ1) is 24.0. The minimum Gasteiger partial charge on any atom is -0.346 e. The Morgan fingerprint density at radius 1 is 0.942 bits per heavy atom. The van der Waals surface area contributed by atoms with Crippen LogP contribution in [0.1, 0.15) is 107 Å². The Bertz CT molecular complexity index is 1490. The van der Waals surface area contributed by atoms with Crippen molar-refractivity contribution >= 4 is 39.6 Å². The first-order valence-electron chi connectivity index (χ1n) is 19.1. The zero-order chi connectivity index (χ0) is 39.0. The van der Waals surface area contributed by atoms with Gasteiger partial charge in [-0.3, -0.25) is 19.2 Å². The normalized spacial score (nSPS) is 25.0. The van der Waals surface area contributed by atoms with Crippen molar-refractivity contribution in [1.29, 1.82) is 0 Å². The van der Waals surface area contributed by atoms with E-state index in [9.17, 15) is 32.4 Å². The lowest BCUT2D eigenvalue weighted by molar-refractivity contribution is -0.144. The number of likely N-dealkylation sites (tertiary alicyclic amines) is 1. The highest BCUT2D eigenvalue weighted by molar-refractivity contribution is 7.89. The fraction of sp³-hybridized carbons (Fsp3) is 0.816. The van der Waals surface area contributed by atoms with E-state index in [1.807, 2.05) is 20.8 Å². The van der Waals surface area contributed by atoms with Crippen LogP contribution in [-0.2, 0) is 29.2 Å². The summed E-state index contributed by atoms with van der Waals surface area (Å²) >= 11 is 0. The molecule has 294 valence electrons. The molecule has 0 aromatic carbocycles. The maximum absolute atomic E-state index is 14.7. The van der Waals surface area contributed by atoms with Crippen LogP contribution in [-0.4, -0.2) is 103 Å². The smallest absolute Gasteiger partial charge is 0.315 e. The van der Waals surface area contributed by atoms with Crippen molar-refractivity contribution in [3.05, 3.63) is 12.7 Å². The average Bonchev–Trinajstić information content (AvgIpc) is 3.91. The van der Waals surface area contributed by atoms with Crippen LogP contribution in [0.4, 0.5) is 4.79 Å². The number of urea groups is 1. The summed E-state index contributed by atoms with van der Waals surface area (Å²) in [5, 5.41) is 11.3. The quantitative estimate of drug-likeness (QED) is 0.147. The van der Waals surface area contributed by atoms with Gasteiger partial charge in [-0.1, -0.05) is 72.8 Å². The molecule has 1 saturated heterocycles. The lowest BCUT2D eigenvalue weighted by Crippen LogP contribution is -2.61. The lowest BCUT2D eigenvalue weighted by Gasteiger charge is -2.38. The second-order valence-corrected chi connectivity index (χ2v) is 20.4. The molecule has 13 nitrogen and oxygen atoms in total. The fourth-order valence-electron chi connectivity index (χ4n) is 8.02. The Labute approximate surface area is 311 Å². The van der Waals surface area contributed by atoms with Gasteiger partial charge in [0.1, 0.15) is 12.1 Å². The van der Waals surface area contributed by atoms with Crippen molar-refractivity contribution < 1.29 is 32.4 Å². The minimum absolute atomic E-state index is 0.0665. The van der Waals surface area contributed by atoms with Crippen molar-refractivity contribution in [1.82, 2.24) is 30.5 Å². The molecule has 6 atom stereocenters. The van der Waals surface area contributed by atoms with E-state index in [2.05, 4.69) is 41.7 Å². The predicted octanol–water partition coefficient (Wildman–Crippen LogP) is 3.35. The third kappa shape index (κ3) is 9.75. The van der Waals surface area contributed by atoms with Crippen LogP contribution in [0.2, 0.25) is 0 Å². The third-order valence-electron chi connectivity index (χ3n) is 12.1. The van der Waals surface area contributed by atoms with E-state index in [1.54, 1.807) is 25.7 Å². The number of ketones is 1. The molecule has 0 bridgehead atoms. The molecular formula is C38H64N6O7S. The van der Waals surface area contributed by atoms with E-state index in [1.165, 1.54) is 17.4 Å². The molecule has 1 aliphatic heterocycles. The van der Waals surface area contributed by atoms with Crippen LogP contribution in [0, 0.1) is 34.5 Å². The summed E-state index contributed by atoms with van der Waals surface area (Å²) in [4.78, 5) is 70.2. The number of fused-ring (bicyclic) bond motifs is 1. The predicted molar refractivity (Wildman–Crippen MR) is 200 cm³/mol. The van der Waals surface area contributed by atoms with Gasteiger partial charge in [-0.25, -0.2) is 13.2 Å². The zero-order valence-corrected chi connectivity index (χ0v) is 33.7. The summed E-state index contributed by atoms with van der Waals surface area (Å²) in [5.74, 6) is -2.63. The number of hydrogen-bond donors (Lipinski definition) is 4. The van der Waals surface area contributed by atoms with Crippen LogP contribution in [0.25, 0.3) is 0 Å². The van der Waals surface area contributed by atoms with Crippen LogP contribution in [0.15, 0.2) is 12.7 Å². The van der Waals surface area contributed by atoms with E-state index >= 15 is 0 Å². The molecule has 14 heteroatoms. The molecule has 3 aliphatic carbocycles. The van der Waals surface area contributed by atoms with Gasteiger partial charge in [0.05, 0.1) is 17.8 Å². The highest BCUT2D eigenvalue weighted by Gasteiger charge is 2.70. The monoisotopic (exact) mass is 748 g/mol. The van der Waals surface area contributed by atoms with Crippen molar-refractivity contribution in [2.75, 3.05) is 25.9 Å². The number of nitrogens with one attached hydrogen (secondary N) is 4. The number of hydrogen-bond acceptors (Lipinski definition) is 7. The fourth-order valence-corrected chi connectivity index (χ4v) is 10.1. The highest BCUT2D eigenvalue weighted by Crippen LogP contribution is 2.65. The topological polar surface area (TPSA) is 174 Å². The van der Waals surface area contributed by atoms with Gasteiger partial charge in [0.2, 0.25) is 27.6 Å². The van der Waals surface area contributed by atoms with Gasteiger partial charge >= 0.3 is 6.03 Å². The average molecular weight is 749 g/mol. The van der Waals surface area contributed by atoms with Crippen LogP contribution in [0.3, 0.4) is 0 Å². The van der Waals surface area contributed by atoms with Gasteiger partial charge in [0, 0.05) is 25.7 Å². The SMILES string of the molecule is C=CCNC(=O)C(=O)C(CC1CC1)NC(=O)[C@@H]1[C@@H]2[C@H](CN1C(=O)[C@@H](NC(=O)N[C@H](CS(=O)(=O)N(C)C(C)(C)C)C(C)(C)C)C1CCCCC1)C2(C)C. The number of carbonyl (C=O) groups excluding carboxylic acids is 5. The first-order valence-corrected chi connectivity index (χ1v) is 20.7. The maximum atomic E-state index is 14.7. The summed E-state index contributed by atoms with van der Waals surface area (Å²) < 4.78 is 28.2. The Kier molecular flexibility index (Phi) is 12.7. The van der Waals surface area contributed by atoms with E-state index in [4.69, 9.17) is 0 Å². The third-order valence-corrected chi connectivity index (χ3v) is 14.2. The number of rotatable bonds is 15. The second kappa shape index (κ2) is 15.8. The van der Waals surface area contributed by atoms with E-state index in [0.29, 0.717) is 13.0 Å². The van der Waals surface area contributed by atoms with Crippen LogP contribution < -0.4 is 21.3 Å². The molecule has 4 fully saturated rings. The number of piperidine rings is 1. The number of amides is 5. The molecule has 1 unspecified atom stereocenters. The summed E-state index contributed by atoms with van der Waals surface area (Å²) in [6, 6.07) is -4.21. The number of sulfonamides is 1. The Morgan fingerprint density at radius 2 is 1.56 bits per heavy atom. The van der Waals surface area contributed by atoms with E-state index < -0.39 is 68.8 Å². The summed E-state index contributed by atoms with van der Waals surface area (Å²) in [5.41, 5.74) is -1.48. The number of Topliss-reactive ketones (excluding diaryl/α,β-unsaturated/α-hetero) is 1. The van der Waals surface area contributed by atoms with Crippen LogP contribution in [0.5, 0.6) is 0 Å². The van der Waals surface area contributed by atoms with Gasteiger partial charge in [0.15, 0.2) is 0 Å². The van der Waals surface area contributed by atoms with Crippen LogP contribution >= 0.6 is 0 Å². The molecule has 5 amide bonds. The molecule has 0 radical (unpaired) electrons. The van der Waals surface area contributed by atoms with E-state index in [-0.39, 0.29) is 47.3 Å². The Hall–Kier alpha value is -3.00. The molecule has 4 rings (SSSR count). The molecule has 1 heterocycles. The summed E-state index contributed by atoms with van der Waals surface area (Å²) in [6.45, 7) is 19.2. The molecule has 52 heavy (non-hydrogen) atoms. The minimum atomic E-state index is -3.77. The maximum Gasteiger partial charge on any atom is 0.315 e. The van der Waals surface area contributed by atoms with Gasteiger partial charge in [0.25, 0.3) is 5.91 Å². The number of nitrogens with zero attached hydrogens (tertiary/aromatic N) is 2. The molecule has 4 aliphatic rings. The van der Waals surface area contributed by atoms with Gasteiger partial charge in [-0.2, -0.15) is 4.31 Å². The zero-order valence-electron chi connectivity index (χ0n) is 32.8. The molecule has 4 N–H and O–H groups in total. The largest absolute Gasteiger partial charge is 0.346 e. The molecule has 0 aromatic rings. The molecule has 3 saturated carbocycles. The van der Waals surface area contributed by atoms with Gasteiger partial charge in [-0.15, -0.1) is 6.58 Å². The Morgan fingerprint density at radius 3 is 2.10 bits per heavy atom. The number of carbonyl (C=O) groups is 5. The summed E-state index contributed by atoms with van der Waals surface area (Å²) in [7, 11) is -2.24. The molecular weight excluding hydrogens is 685 g/mol. The first kappa shape index (κ1) is 41.8. The Balaban J connectivity index is 1.57. The highest BCUT2D eigenvalue weighted by atomic mass is 32.2. The molecule has 0 aromatic heterocycles. The van der Waals surface area contributed by atoms with Gasteiger partial charge < -0.3 is 26.2 Å². The van der Waals surface area contributed by atoms with E-state index in [0.717, 1.165) is 44.9 Å². The second-order valence-electron chi connectivity index (χ2n) is 18.3. The van der Waals surface area contributed by atoms with Crippen molar-refractivity contribution in [3.8, 4) is 0 Å². The molecule has 0 spiro atoms. The lowest BCUT2D eigenvalue weighted by atomic mass is 9.83. The van der Waals surface area contributed by atoms with Crippen molar-refractivity contribution in [3.63, 3.8) is 0 Å². The van der Waals surface area contributed by atoms with Crippen molar-refractivity contribution in [2.45, 2.75) is 136 Å². The van der Waals surface area contributed by atoms with Gasteiger partial charge in [-0.05, 0) is 74.5 Å². The summed E-state index contributed by atoms with van der Waals surface area (Å²) in [6.07, 6.45) is 7.96.